The van der Waals surface area contributed by atoms with Crippen molar-refractivity contribution in [1.82, 2.24) is 0 Å². The van der Waals surface area contributed by atoms with Gasteiger partial charge in [0.15, 0.2) is 0 Å². The molecule has 3 nitrogen and oxygen atoms in total. The highest BCUT2D eigenvalue weighted by molar-refractivity contribution is 7.98. The molecule has 0 spiro atoms. The zero-order valence-electron chi connectivity index (χ0n) is 12.2. The molecule has 0 fully saturated rings. The second-order valence-corrected chi connectivity index (χ2v) is 5.41. The maximum absolute atomic E-state index is 9.99. The predicted octanol–water partition coefficient (Wildman–Crippen LogP) is 4.65. The van der Waals surface area contributed by atoms with Crippen molar-refractivity contribution in [3.63, 3.8) is 0 Å². The number of aliphatic imine (C=N–C) groups is 1. The molecule has 0 aromatic heterocycles. The first-order chi connectivity index (χ1) is 10.2. The van der Waals surface area contributed by atoms with E-state index in [0.717, 1.165) is 17.0 Å². The zero-order valence-corrected chi connectivity index (χ0v) is 13.1. The van der Waals surface area contributed by atoms with Gasteiger partial charge in [-0.25, -0.2) is 0 Å². The van der Waals surface area contributed by atoms with Crippen molar-refractivity contribution >= 4 is 23.7 Å². The summed E-state index contributed by atoms with van der Waals surface area (Å²) in [6, 6.07) is 13.2. The van der Waals surface area contributed by atoms with Gasteiger partial charge in [0.25, 0.3) is 0 Å². The van der Waals surface area contributed by atoms with Crippen LogP contribution in [-0.4, -0.2) is 24.2 Å². The summed E-state index contributed by atoms with van der Waals surface area (Å²) in [6.07, 6.45) is 4.64. The van der Waals surface area contributed by atoms with E-state index >= 15 is 0 Å². The van der Waals surface area contributed by atoms with Gasteiger partial charge in [-0.2, -0.15) is 0 Å². The fourth-order valence-electron chi connectivity index (χ4n) is 1.78. The summed E-state index contributed by atoms with van der Waals surface area (Å²) >= 11 is 1.68. The lowest BCUT2D eigenvalue weighted by atomic mass is 10.2. The van der Waals surface area contributed by atoms with Gasteiger partial charge in [0.2, 0.25) is 0 Å². The van der Waals surface area contributed by atoms with Crippen LogP contribution in [0.25, 0.3) is 0 Å². The second-order valence-electron chi connectivity index (χ2n) is 4.53. The Kier molecular flexibility index (Phi) is 5.69. The smallest absolute Gasteiger partial charge is 0.128 e. The molecule has 0 unspecified atom stereocenters. The fraction of sp³-hybridized carbons (Fsp3) is 0.235. The minimum Gasteiger partial charge on any atom is -0.507 e. The summed E-state index contributed by atoms with van der Waals surface area (Å²) < 4.78 is 5.48. The minimum absolute atomic E-state index is 0.174. The molecule has 4 heteroatoms. The molecule has 2 rings (SSSR count). The highest BCUT2D eigenvalue weighted by Gasteiger charge is 2.01. The quantitative estimate of drug-likeness (QED) is 0.623. The monoisotopic (exact) mass is 301 g/mol. The van der Waals surface area contributed by atoms with Crippen molar-refractivity contribution < 1.29 is 9.84 Å². The zero-order chi connectivity index (χ0) is 15.1. The van der Waals surface area contributed by atoms with Crippen molar-refractivity contribution in [1.29, 1.82) is 0 Å². The predicted molar refractivity (Wildman–Crippen MR) is 89.4 cm³/mol. The number of phenols is 1. The van der Waals surface area contributed by atoms with E-state index in [4.69, 9.17) is 4.74 Å². The van der Waals surface area contributed by atoms with E-state index < -0.39 is 0 Å². The van der Waals surface area contributed by atoms with Crippen molar-refractivity contribution in [3.8, 4) is 11.5 Å². The summed E-state index contributed by atoms with van der Waals surface area (Å²) in [5, 5.41) is 9.99. The van der Waals surface area contributed by atoms with Crippen LogP contribution in [0, 0.1) is 0 Å². The van der Waals surface area contributed by atoms with E-state index in [2.05, 4.69) is 4.99 Å². The second kappa shape index (κ2) is 7.74. The number of nitrogens with zero attached hydrogens (tertiary/aromatic N) is 1. The standard InChI is InChI=1S/C17H19NO2S/c1-3-9-20-15-8-7-13(17(19)11-15)12-18-14-5-4-6-16(10-14)21-2/h4-8,10-12,19H,3,9H2,1-2H3. The highest BCUT2D eigenvalue weighted by atomic mass is 32.2. The van der Waals surface area contributed by atoms with Crippen LogP contribution >= 0.6 is 11.8 Å². The maximum atomic E-state index is 9.99. The van der Waals surface area contributed by atoms with E-state index in [1.807, 2.05) is 49.6 Å². The molecule has 0 bridgehead atoms. The Balaban J connectivity index is 2.13. The topological polar surface area (TPSA) is 41.8 Å². The Bertz CT molecular complexity index is 626. The summed E-state index contributed by atoms with van der Waals surface area (Å²) in [4.78, 5) is 5.56. The summed E-state index contributed by atoms with van der Waals surface area (Å²) in [5.74, 6) is 0.851. The van der Waals surface area contributed by atoms with Crippen LogP contribution < -0.4 is 4.74 Å². The first-order valence-electron chi connectivity index (χ1n) is 6.87. The number of rotatable bonds is 6. The number of aromatic hydroxyl groups is 1. The number of ether oxygens (including phenoxy) is 1. The molecule has 0 heterocycles. The summed E-state index contributed by atoms with van der Waals surface area (Å²) in [7, 11) is 0. The molecule has 0 radical (unpaired) electrons. The Labute approximate surface area is 129 Å². The van der Waals surface area contributed by atoms with Crippen LogP contribution in [0.2, 0.25) is 0 Å². The van der Waals surface area contributed by atoms with Gasteiger partial charge >= 0.3 is 0 Å². The van der Waals surface area contributed by atoms with Gasteiger partial charge in [-0.05, 0) is 43.0 Å². The number of phenolic OH excluding ortho intramolecular Hbond substituents is 1. The Morgan fingerprint density at radius 3 is 2.81 bits per heavy atom. The highest BCUT2D eigenvalue weighted by Crippen LogP contribution is 2.24. The molecule has 1 N–H and O–H groups in total. The molecule has 0 aliphatic heterocycles. The maximum Gasteiger partial charge on any atom is 0.128 e. The van der Waals surface area contributed by atoms with Crippen molar-refractivity contribution in [2.45, 2.75) is 18.2 Å². The fourth-order valence-corrected chi connectivity index (χ4v) is 2.23. The van der Waals surface area contributed by atoms with E-state index in [9.17, 15) is 5.11 Å². The Hall–Kier alpha value is -1.94. The average molecular weight is 301 g/mol. The average Bonchev–Trinajstić information content (AvgIpc) is 2.52. The van der Waals surface area contributed by atoms with Gasteiger partial charge in [0, 0.05) is 22.7 Å². The van der Waals surface area contributed by atoms with Crippen LogP contribution in [0.1, 0.15) is 18.9 Å². The van der Waals surface area contributed by atoms with Crippen molar-refractivity contribution in [2.24, 2.45) is 4.99 Å². The van der Waals surface area contributed by atoms with Crippen LogP contribution in [0.3, 0.4) is 0 Å². The molecular formula is C17H19NO2S. The van der Waals surface area contributed by atoms with E-state index in [1.165, 1.54) is 0 Å². The van der Waals surface area contributed by atoms with Gasteiger partial charge in [0.1, 0.15) is 11.5 Å². The third kappa shape index (κ3) is 4.53. The molecule has 21 heavy (non-hydrogen) atoms. The van der Waals surface area contributed by atoms with Gasteiger partial charge in [0.05, 0.1) is 12.3 Å². The first kappa shape index (κ1) is 15.4. The third-order valence-electron chi connectivity index (χ3n) is 2.88. The third-order valence-corrected chi connectivity index (χ3v) is 3.61. The van der Waals surface area contributed by atoms with E-state index in [0.29, 0.717) is 17.9 Å². The van der Waals surface area contributed by atoms with Crippen LogP contribution in [0.15, 0.2) is 52.4 Å². The lowest BCUT2D eigenvalue weighted by Gasteiger charge is -2.06. The van der Waals surface area contributed by atoms with Gasteiger partial charge in [-0.15, -0.1) is 11.8 Å². The molecular weight excluding hydrogens is 282 g/mol. The van der Waals surface area contributed by atoms with Gasteiger partial charge in [-0.1, -0.05) is 13.0 Å². The molecule has 110 valence electrons. The largest absolute Gasteiger partial charge is 0.507 e. The first-order valence-corrected chi connectivity index (χ1v) is 8.09. The molecule has 0 atom stereocenters. The van der Waals surface area contributed by atoms with Gasteiger partial charge in [-0.3, -0.25) is 4.99 Å². The van der Waals surface area contributed by atoms with E-state index in [1.54, 1.807) is 24.0 Å². The lowest BCUT2D eigenvalue weighted by Crippen LogP contribution is -1.95. The Morgan fingerprint density at radius 2 is 2.10 bits per heavy atom. The number of hydrogen-bond acceptors (Lipinski definition) is 4. The summed E-state index contributed by atoms with van der Waals surface area (Å²) in [6.45, 7) is 2.69. The molecule has 0 saturated heterocycles. The lowest BCUT2D eigenvalue weighted by molar-refractivity contribution is 0.315. The van der Waals surface area contributed by atoms with Crippen LogP contribution in [0.4, 0.5) is 5.69 Å². The number of hydrogen-bond donors (Lipinski definition) is 1. The van der Waals surface area contributed by atoms with Crippen LogP contribution in [-0.2, 0) is 0 Å². The molecule has 2 aromatic rings. The van der Waals surface area contributed by atoms with Crippen molar-refractivity contribution in [2.75, 3.05) is 12.9 Å². The minimum atomic E-state index is 0.174. The molecule has 0 amide bonds. The normalized spacial score (nSPS) is 11.0. The SMILES string of the molecule is CCCOc1ccc(C=Nc2cccc(SC)c2)c(O)c1. The number of benzene rings is 2. The molecule has 0 aliphatic rings. The Morgan fingerprint density at radius 1 is 1.24 bits per heavy atom. The molecule has 2 aromatic carbocycles. The number of thioether (sulfide) groups is 1. The van der Waals surface area contributed by atoms with Gasteiger partial charge < -0.3 is 9.84 Å². The van der Waals surface area contributed by atoms with Crippen LogP contribution in [0.5, 0.6) is 11.5 Å². The molecule has 0 saturated carbocycles. The summed E-state index contributed by atoms with van der Waals surface area (Å²) in [5.41, 5.74) is 1.54. The molecule has 0 aliphatic carbocycles. The van der Waals surface area contributed by atoms with Crippen molar-refractivity contribution in [3.05, 3.63) is 48.0 Å². The van der Waals surface area contributed by atoms with E-state index in [-0.39, 0.29) is 5.75 Å².